The number of halogens is 4. The van der Waals surface area contributed by atoms with Crippen LogP contribution in [-0.2, 0) is 11.3 Å². The third-order valence-corrected chi connectivity index (χ3v) is 3.48. The van der Waals surface area contributed by atoms with Crippen molar-refractivity contribution in [3.05, 3.63) is 28.3 Å². The van der Waals surface area contributed by atoms with E-state index in [0.717, 1.165) is 18.4 Å². The van der Waals surface area contributed by atoms with Crippen LogP contribution in [0.1, 0.15) is 51.3 Å². The standard InChI is InChI=1S/C14H12ClNO3.C2H6.CHF3.CH4/c15-11-6-10-12(5-9(11)7-17)16-14(18)19-13(10)4-3-8-1-2-8;1-2;2-1(3)4;/h5-6,8,13,17H,1-2,7H2,(H,16,18);1-2H3;1H;1H4. The van der Waals surface area contributed by atoms with E-state index < -0.39 is 18.9 Å². The lowest BCUT2D eigenvalue weighted by Crippen LogP contribution is -2.24. The Bertz CT molecular complexity index is 652. The molecule has 1 aliphatic carbocycles. The number of aliphatic hydroxyl groups is 1. The van der Waals surface area contributed by atoms with Crippen molar-refractivity contribution in [2.24, 2.45) is 5.92 Å². The van der Waals surface area contributed by atoms with Crippen molar-refractivity contribution < 1.29 is 27.8 Å². The minimum atomic E-state index is -3.67. The molecule has 2 aliphatic rings. The van der Waals surface area contributed by atoms with Crippen LogP contribution < -0.4 is 5.32 Å². The predicted molar refractivity (Wildman–Crippen MR) is 95.9 cm³/mol. The van der Waals surface area contributed by atoms with Gasteiger partial charge in [0.05, 0.1) is 12.3 Å². The van der Waals surface area contributed by atoms with Gasteiger partial charge in [-0.25, -0.2) is 4.79 Å². The van der Waals surface area contributed by atoms with Gasteiger partial charge in [0.25, 0.3) is 0 Å². The molecule has 26 heavy (non-hydrogen) atoms. The van der Waals surface area contributed by atoms with Crippen LogP contribution >= 0.6 is 11.6 Å². The van der Waals surface area contributed by atoms with Gasteiger partial charge in [0, 0.05) is 16.5 Å². The molecule has 1 aromatic rings. The summed E-state index contributed by atoms with van der Waals surface area (Å²) < 4.78 is 34.2. The molecule has 8 heteroatoms. The maximum atomic E-state index is 11.5. The minimum Gasteiger partial charge on any atom is -0.428 e. The summed E-state index contributed by atoms with van der Waals surface area (Å²) >= 11 is 6.06. The topological polar surface area (TPSA) is 58.6 Å². The summed E-state index contributed by atoms with van der Waals surface area (Å²) in [5, 5.41) is 12.2. The van der Waals surface area contributed by atoms with Gasteiger partial charge in [0.2, 0.25) is 0 Å². The highest BCUT2D eigenvalue weighted by Crippen LogP contribution is 2.35. The van der Waals surface area contributed by atoms with Crippen LogP contribution in [0.5, 0.6) is 0 Å². The second-order valence-electron chi connectivity index (χ2n) is 4.91. The number of benzene rings is 1. The molecule has 0 spiro atoms. The van der Waals surface area contributed by atoms with Gasteiger partial charge in [-0.3, -0.25) is 5.32 Å². The lowest BCUT2D eigenvalue weighted by atomic mass is 10.0. The zero-order valence-corrected chi connectivity index (χ0v) is 14.5. The molecule has 1 atom stereocenters. The second kappa shape index (κ2) is 11.7. The monoisotopic (exact) mass is 393 g/mol. The average Bonchev–Trinajstić information content (AvgIpc) is 3.38. The Morgan fingerprint density at radius 2 is 1.88 bits per heavy atom. The number of fused-ring (bicyclic) bond motifs is 1. The van der Waals surface area contributed by atoms with E-state index in [1.54, 1.807) is 12.1 Å². The number of hydrogen-bond donors (Lipinski definition) is 2. The lowest BCUT2D eigenvalue weighted by Gasteiger charge is -2.23. The molecule has 4 nitrogen and oxygen atoms in total. The van der Waals surface area contributed by atoms with Gasteiger partial charge >= 0.3 is 12.8 Å². The first-order valence-corrected chi connectivity index (χ1v) is 8.12. The van der Waals surface area contributed by atoms with Crippen molar-refractivity contribution in [3.63, 3.8) is 0 Å². The number of amides is 1. The van der Waals surface area contributed by atoms with E-state index in [1.165, 1.54) is 0 Å². The number of cyclic esters (lactones) is 1. The highest BCUT2D eigenvalue weighted by Gasteiger charge is 2.27. The maximum absolute atomic E-state index is 11.5. The maximum Gasteiger partial charge on any atom is 0.413 e. The van der Waals surface area contributed by atoms with Crippen molar-refractivity contribution >= 4 is 23.4 Å². The SMILES string of the molecule is C.CC.FC(F)F.O=C1Nc2cc(CO)c(Cl)cc2C(C#CC2CC2)O1. The third kappa shape index (κ3) is 7.54. The zero-order valence-electron chi connectivity index (χ0n) is 13.8. The summed E-state index contributed by atoms with van der Waals surface area (Å²) in [5.74, 6) is 6.50. The van der Waals surface area contributed by atoms with Crippen molar-refractivity contribution in [3.8, 4) is 11.8 Å². The Hall–Kier alpha value is -1.91. The molecule has 146 valence electrons. The summed E-state index contributed by atoms with van der Waals surface area (Å²) in [5.41, 5.74) is 1.89. The Morgan fingerprint density at radius 1 is 1.31 bits per heavy atom. The summed E-state index contributed by atoms with van der Waals surface area (Å²) in [7, 11) is 0. The first-order chi connectivity index (χ1) is 11.9. The normalized spacial score (nSPS) is 16.8. The van der Waals surface area contributed by atoms with E-state index in [4.69, 9.17) is 16.3 Å². The fraction of sp³-hybridized carbons (Fsp3) is 0.500. The van der Waals surface area contributed by atoms with Gasteiger partial charge in [-0.15, -0.1) is 0 Å². The summed E-state index contributed by atoms with van der Waals surface area (Å²) in [6.07, 6.45) is 1.11. The van der Waals surface area contributed by atoms with Crippen molar-refractivity contribution in [1.29, 1.82) is 0 Å². The summed E-state index contributed by atoms with van der Waals surface area (Å²) in [6.45, 7) is 0.154. The first-order valence-electron chi connectivity index (χ1n) is 7.74. The highest BCUT2D eigenvalue weighted by atomic mass is 35.5. The minimum absolute atomic E-state index is 0. The van der Waals surface area contributed by atoms with Crippen LogP contribution in [0.15, 0.2) is 12.1 Å². The van der Waals surface area contributed by atoms with Gasteiger partial charge in [0.15, 0.2) is 6.10 Å². The molecule has 1 aromatic carbocycles. The Morgan fingerprint density at radius 3 is 2.38 bits per heavy atom. The summed E-state index contributed by atoms with van der Waals surface area (Å²) in [6, 6.07) is 3.35. The van der Waals surface area contributed by atoms with Crippen LogP contribution in [0, 0.1) is 17.8 Å². The van der Waals surface area contributed by atoms with Crippen LogP contribution in [0.25, 0.3) is 0 Å². The molecular weight excluding hydrogens is 371 g/mol. The first kappa shape index (κ1) is 24.1. The van der Waals surface area contributed by atoms with Gasteiger partial charge in [0.1, 0.15) is 0 Å². The fourth-order valence-electron chi connectivity index (χ4n) is 1.92. The molecule has 1 heterocycles. The quantitative estimate of drug-likeness (QED) is 0.602. The molecular formula is C18H23ClF3NO3. The molecule has 2 N–H and O–H groups in total. The lowest BCUT2D eigenvalue weighted by molar-refractivity contribution is 0.00818. The second-order valence-corrected chi connectivity index (χ2v) is 5.32. The van der Waals surface area contributed by atoms with Crippen molar-refractivity contribution in [1.82, 2.24) is 0 Å². The summed E-state index contributed by atoms with van der Waals surface area (Å²) in [4.78, 5) is 11.5. The number of alkyl halides is 3. The Balaban J connectivity index is 0.000000795. The van der Waals surface area contributed by atoms with E-state index in [0.29, 0.717) is 22.2 Å². The molecule has 0 radical (unpaired) electrons. The number of rotatable bonds is 1. The number of carbonyl (C=O) groups excluding carboxylic acids is 1. The number of nitrogens with one attached hydrogen (secondary N) is 1. The Kier molecular flexibility index (Phi) is 10.8. The van der Waals surface area contributed by atoms with E-state index in [-0.39, 0.29) is 14.0 Å². The van der Waals surface area contributed by atoms with E-state index >= 15 is 0 Å². The number of aliphatic hydroxyl groups excluding tert-OH is 1. The van der Waals surface area contributed by atoms with Crippen molar-refractivity contribution in [2.75, 3.05) is 5.32 Å². The predicted octanol–water partition coefficient (Wildman–Crippen LogP) is 5.69. The van der Waals surface area contributed by atoms with Gasteiger partial charge in [-0.2, -0.15) is 13.2 Å². The third-order valence-electron chi connectivity index (χ3n) is 3.13. The molecule has 3 rings (SSSR count). The molecule has 1 amide bonds. The molecule has 0 bridgehead atoms. The molecule has 0 aromatic heterocycles. The Labute approximate surface area is 156 Å². The molecule has 0 saturated heterocycles. The number of hydrogen-bond acceptors (Lipinski definition) is 3. The van der Waals surface area contributed by atoms with E-state index in [2.05, 4.69) is 17.2 Å². The number of carbonyl (C=O) groups is 1. The van der Waals surface area contributed by atoms with E-state index in [9.17, 15) is 23.1 Å². The molecule has 1 fully saturated rings. The van der Waals surface area contributed by atoms with E-state index in [1.807, 2.05) is 13.8 Å². The molecule has 1 saturated carbocycles. The fourth-order valence-corrected chi connectivity index (χ4v) is 2.15. The average molecular weight is 394 g/mol. The molecule has 1 unspecified atom stereocenters. The van der Waals surface area contributed by atoms with Crippen LogP contribution in [0.4, 0.5) is 23.7 Å². The van der Waals surface area contributed by atoms with Crippen molar-refractivity contribution in [2.45, 2.75) is 53.5 Å². The smallest absolute Gasteiger partial charge is 0.413 e. The molecule has 1 aliphatic heterocycles. The number of ether oxygens (including phenoxy) is 1. The largest absolute Gasteiger partial charge is 0.428 e. The zero-order chi connectivity index (χ0) is 19.0. The highest BCUT2D eigenvalue weighted by molar-refractivity contribution is 6.31. The van der Waals surface area contributed by atoms with Gasteiger partial charge in [-0.1, -0.05) is 44.7 Å². The van der Waals surface area contributed by atoms with Gasteiger partial charge in [-0.05, 0) is 30.5 Å². The van der Waals surface area contributed by atoms with Crippen LogP contribution in [-0.4, -0.2) is 17.9 Å². The van der Waals surface area contributed by atoms with Gasteiger partial charge < -0.3 is 9.84 Å². The van der Waals surface area contributed by atoms with Crippen LogP contribution in [0.2, 0.25) is 5.02 Å². The van der Waals surface area contributed by atoms with Crippen LogP contribution in [0.3, 0.4) is 0 Å². The number of anilines is 1.